The Kier molecular flexibility index (Phi) is 8.92. The number of aryl methyl sites for hydroxylation is 1. The smallest absolute Gasteiger partial charge is 0.355 e. The van der Waals surface area contributed by atoms with Crippen LogP contribution in [0.1, 0.15) is 77.6 Å². The highest BCUT2D eigenvalue weighted by atomic mass is 16.5. The van der Waals surface area contributed by atoms with Crippen LogP contribution in [0.5, 0.6) is 0 Å². The number of Topliss-reactive ketones (excluding diaryl/α,β-unsaturated/α-hetero) is 1. The van der Waals surface area contributed by atoms with Crippen LogP contribution in [0.4, 0.5) is 0 Å². The van der Waals surface area contributed by atoms with Gasteiger partial charge >= 0.3 is 5.97 Å². The molecule has 0 unspecified atom stereocenters. The van der Waals surface area contributed by atoms with E-state index in [0.717, 1.165) is 30.8 Å². The summed E-state index contributed by atoms with van der Waals surface area (Å²) in [6.07, 6.45) is 0.683. The van der Waals surface area contributed by atoms with Gasteiger partial charge in [0.05, 0.1) is 31.4 Å². The number of carbonyl (C=O) groups excluding carboxylic acids is 3. The predicted molar refractivity (Wildman–Crippen MR) is 148 cm³/mol. The number of H-pyrrole nitrogens is 1. The summed E-state index contributed by atoms with van der Waals surface area (Å²) in [6, 6.07) is 7.11. The van der Waals surface area contributed by atoms with Crippen molar-refractivity contribution in [3.8, 4) is 0 Å². The van der Waals surface area contributed by atoms with Crippen molar-refractivity contribution in [1.82, 2.24) is 14.8 Å². The molecule has 0 bridgehead atoms. The Morgan fingerprint density at radius 2 is 1.79 bits per heavy atom. The molecule has 2 fully saturated rings. The molecule has 9 heteroatoms. The number of aliphatic hydroxyl groups excluding tert-OH is 1. The average Bonchev–Trinajstić information content (AvgIpc) is 3.36. The van der Waals surface area contributed by atoms with Crippen LogP contribution in [0.2, 0.25) is 0 Å². The predicted octanol–water partition coefficient (Wildman–Crippen LogP) is 4.08. The minimum atomic E-state index is -0.740. The molecule has 2 aliphatic rings. The van der Waals surface area contributed by atoms with Crippen LogP contribution in [0.15, 0.2) is 29.8 Å². The van der Waals surface area contributed by atoms with E-state index in [2.05, 4.69) is 23.7 Å². The van der Waals surface area contributed by atoms with Crippen molar-refractivity contribution in [1.29, 1.82) is 0 Å². The summed E-state index contributed by atoms with van der Waals surface area (Å²) in [7, 11) is 0. The maximum Gasteiger partial charge on any atom is 0.355 e. The van der Waals surface area contributed by atoms with Crippen molar-refractivity contribution in [3.05, 3.63) is 63.5 Å². The van der Waals surface area contributed by atoms with Gasteiger partial charge in [-0.2, -0.15) is 0 Å². The fraction of sp³-hybridized carbons (Fsp3) is 0.500. The number of likely N-dealkylation sites (tertiary alicyclic amines) is 1. The Hall–Kier alpha value is -3.43. The number of aromatic nitrogens is 1. The second kappa shape index (κ2) is 12.2. The first-order chi connectivity index (χ1) is 18.6. The van der Waals surface area contributed by atoms with Crippen molar-refractivity contribution >= 4 is 23.4 Å². The zero-order valence-electron chi connectivity index (χ0n) is 23.5. The summed E-state index contributed by atoms with van der Waals surface area (Å²) in [6.45, 7) is 13.8. The van der Waals surface area contributed by atoms with E-state index in [1.807, 2.05) is 24.3 Å². The minimum absolute atomic E-state index is 0.0317. The van der Waals surface area contributed by atoms with Crippen LogP contribution < -0.4 is 0 Å². The molecule has 2 N–H and O–H groups in total. The van der Waals surface area contributed by atoms with E-state index in [1.165, 1.54) is 0 Å². The summed E-state index contributed by atoms with van der Waals surface area (Å²) in [5, 5.41) is 11.6. The number of carbonyl (C=O) groups is 3. The molecule has 0 radical (unpaired) electrons. The van der Waals surface area contributed by atoms with Gasteiger partial charge in [-0.1, -0.05) is 38.1 Å². The van der Waals surface area contributed by atoms with Crippen LogP contribution in [0.25, 0.3) is 5.76 Å². The largest absolute Gasteiger partial charge is 0.507 e. The molecule has 210 valence electrons. The number of ketones is 1. The molecular weight excluding hydrogens is 498 g/mol. The number of morpholine rings is 1. The second-order valence-corrected chi connectivity index (χ2v) is 10.5. The van der Waals surface area contributed by atoms with Gasteiger partial charge in [0.1, 0.15) is 11.5 Å². The summed E-state index contributed by atoms with van der Waals surface area (Å²) >= 11 is 0. The third-order valence-electron chi connectivity index (χ3n) is 7.59. The number of rotatable bonds is 9. The van der Waals surface area contributed by atoms with E-state index in [9.17, 15) is 19.5 Å². The summed E-state index contributed by atoms with van der Waals surface area (Å²) in [4.78, 5) is 46.2. The molecule has 2 aromatic rings. The normalized spacial score (nSPS) is 19.7. The fourth-order valence-electron chi connectivity index (χ4n) is 5.46. The first kappa shape index (κ1) is 28.6. The highest BCUT2D eigenvalue weighted by molar-refractivity contribution is 6.46. The number of amides is 1. The lowest BCUT2D eigenvalue weighted by molar-refractivity contribution is -0.140. The van der Waals surface area contributed by atoms with E-state index in [1.54, 1.807) is 25.7 Å². The molecule has 1 aromatic carbocycles. The molecule has 4 rings (SSSR count). The topological polar surface area (TPSA) is 112 Å². The molecular formula is C30H39N3O6. The molecule has 0 spiro atoms. The van der Waals surface area contributed by atoms with Gasteiger partial charge in [0, 0.05) is 37.4 Å². The Morgan fingerprint density at radius 1 is 1.13 bits per heavy atom. The third kappa shape index (κ3) is 5.79. The van der Waals surface area contributed by atoms with E-state index in [4.69, 9.17) is 9.47 Å². The Balaban J connectivity index is 1.75. The molecule has 39 heavy (non-hydrogen) atoms. The molecule has 0 saturated carbocycles. The second-order valence-electron chi connectivity index (χ2n) is 10.5. The maximum atomic E-state index is 13.5. The number of ether oxygens (including phenoxy) is 2. The van der Waals surface area contributed by atoms with Gasteiger partial charge < -0.3 is 24.5 Å². The number of aromatic amines is 1. The van der Waals surface area contributed by atoms with Crippen molar-refractivity contribution in [3.63, 3.8) is 0 Å². The molecule has 1 atom stereocenters. The molecule has 0 aliphatic carbocycles. The number of nitrogens with zero attached hydrogens (tertiary/aromatic N) is 2. The quantitative estimate of drug-likeness (QED) is 0.215. The highest BCUT2D eigenvalue weighted by Gasteiger charge is 2.46. The molecule has 1 aromatic heterocycles. The van der Waals surface area contributed by atoms with Gasteiger partial charge in [0.2, 0.25) is 0 Å². The van der Waals surface area contributed by atoms with Gasteiger partial charge in [-0.25, -0.2) is 4.79 Å². The molecule has 1 amide bonds. The van der Waals surface area contributed by atoms with Crippen LogP contribution in [-0.2, 0) is 19.1 Å². The van der Waals surface area contributed by atoms with Crippen LogP contribution in [-0.4, -0.2) is 83.5 Å². The Morgan fingerprint density at radius 3 is 2.41 bits per heavy atom. The Bertz CT molecular complexity index is 1250. The zero-order valence-corrected chi connectivity index (χ0v) is 23.5. The van der Waals surface area contributed by atoms with E-state index >= 15 is 0 Å². The summed E-state index contributed by atoms with van der Waals surface area (Å²) < 4.78 is 10.6. The van der Waals surface area contributed by atoms with Crippen molar-refractivity contribution in [2.24, 2.45) is 0 Å². The SMILES string of the molecule is CCOC(=O)c1[nH]c(C)c(/C(O)=C2\C(=O)C(=O)N(CCCN3CCOCC3)[C@@H]2c2ccc(C(C)C)cc2)c1C. The summed E-state index contributed by atoms with van der Waals surface area (Å²) in [5.74, 6) is -1.86. The number of hydrogen-bond acceptors (Lipinski definition) is 7. The average molecular weight is 538 g/mol. The van der Waals surface area contributed by atoms with E-state index in [-0.39, 0.29) is 23.6 Å². The zero-order chi connectivity index (χ0) is 28.3. The number of nitrogens with one attached hydrogen (secondary N) is 1. The van der Waals surface area contributed by atoms with Gasteiger partial charge in [0.15, 0.2) is 0 Å². The number of esters is 1. The lowest BCUT2D eigenvalue weighted by Crippen LogP contribution is -2.38. The molecule has 2 aliphatic heterocycles. The van der Waals surface area contributed by atoms with Crippen molar-refractivity contribution < 1.29 is 29.0 Å². The van der Waals surface area contributed by atoms with Gasteiger partial charge in [-0.15, -0.1) is 0 Å². The van der Waals surface area contributed by atoms with Gasteiger partial charge in [0.25, 0.3) is 11.7 Å². The monoisotopic (exact) mass is 537 g/mol. The minimum Gasteiger partial charge on any atom is -0.507 e. The highest BCUT2D eigenvalue weighted by Crippen LogP contribution is 2.41. The lowest BCUT2D eigenvalue weighted by atomic mass is 9.92. The number of hydrogen-bond donors (Lipinski definition) is 2. The summed E-state index contributed by atoms with van der Waals surface area (Å²) in [5.41, 5.74) is 3.46. The standard InChI is InChI=1S/C30H39N3O6/c1-6-39-30(37)25-19(4)23(20(5)31-25)27(34)24-26(22-10-8-21(9-11-22)18(2)3)33(29(36)28(24)35)13-7-12-32-14-16-38-17-15-32/h8-11,18,26,31,34H,6-7,12-17H2,1-5H3/b27-24+/t26-/m1/s1. The van der Waals surface area contributed by atoms with E-state index in [0.29, 0.717) is 48.9 Å². The Labute approximate surface area is 229 Å². The van der Waals surface area contributed by atoms with Crippen molar-refractivity contribution in [2.75, 3.05) is 46.0 Å². The number of benzene rings is 1. The first-order valence-corrected chi connectivity index (χ1v) is 13.7. The molecule has 9 nitrogen and oxygen atoms in total. The molecule has 2 saturated heterocycles. The van der Waals surface area contributed by atoms with Crippen LogP contribution >= 0.6 is 0 Å². The maximum absolute atomic E-state index is 13.5. The van der Waals surface area contributed by atoms with Crippen molar-refractivity contribution in [2.45, 2.75) is 53.0 Å². The van der Waals surface area contributed by atoms with E-state index < -0.39 is 23.7 Å². The molecule has 3 heterocycles. The fourth-order valence-corrected chi connectivity index (χ4v) is 5.46. The lowest BCUT2D eigenvalue weighted by Gasteiger charge is -2.29. The third-order valence-corrected chi connectivity index (χ3v) is 7.59. The van der Waals surface area contributed by atoms with Crippen LogP contribution in [0, 0.1) is 13.8 Å². The van der Waals surface area contributed by atoms with Gasteiger partial charge in [-0.05, 0) is 49.8 Å². The van der Waals surface area contributed by atoms with Gasteiger partial charge in [-0.3, -0.25) is 14.5 Å². The van der Waals surface area contributed by atoms with Crippen LogP contribution in [0.3, 0.4) is 0 Å². The number of aliphatic hydroxyl groups is 1. The first-order valence-electron chi connectivity index (χ1n) is 13.7.